The normalized spacial score (nSPS) is 14.9. The summed E-state index contributed by atoms with van der Waals surface area (Å²) in [5.74, 6) is 0.257. The van der Waals surface area contributed by atoms with Crippen molar-refractivity contribution in [2.24, 2.45) is 12.0 Å². The fourth-order valence-electron chi connectivity index (χ4n) is 4.50. The van der Waals surface area contributed by atoms with Gasteiger partial charge in [0.25, 0.3) is 11.1 Å². The second-order valence-corrected chi connectivity index (χ2v) is 9.49. The van der Waals surface area contributed by atoms with Gasteiger partial charge in [0.1, 0.15) is 34.1 Å². The van der Waals surface area contributed by atoms with Gasteiger partial charge in [-0.2, -0.15) is 0 Å². The van der Waals surface area contributed by atoms with Crippen LogP contribution in [0.25, 0.3) is 16.7 Å². The number of pyridine rings is 1. The number of aromatic nitrogens is 3. The van der Waals surface area contributed by atoms with Crippen molar-refractivity contribution in [1.29, 1.82) is 0 Å². The molecule has 1 unspecified atom stereocenters. The molecule has 39 heavy (non-hydrogen) atoms. The summed E-state index contributed by atoms with van der Waals surface area (Å²) in [4.78, 5) is 45.2. The monoisotopic (exact) mass is 530 g/mol. The fourth-order valence-corrected chi connectivity index (χ4v) is 4.50. The first-order valence-electron chi connectivity index (χ1n) is 12.4. The van der Waals surface area contributed by atoms with Crippen LogP contribution in [0.5, 0.6) is 11.5 Å². The molecule has 0 fully saturated rings. The van der Waals surface area contributed by atoms with Crippen molar-refractivity contribution >= 4 is 17.2 Å². The molecule has 1 aliphatic rings. The quantitative estimate of drug-likeness (QED) is 0.380. The molecule has 0 amide bonds. The number of rotatable bonds is 6. The molecule has 4 aromatic rings. The van der Waals surface area contributed by atoms with Gasteiger partial charge in [0.2, 0.25) is 0 Å². The maximum atomic E-state index is 15.3. The Bertz CT molecular complexity index is 1830. The number of dihydropyridines is 1. The van der Waals surface area contributed by atoms with Crippen LogP contribution in [0, 0.1) is 12.7 Å². The molecule has 0 bridgehead atoms. The number of nitrogens with zero attached hydrogens (tertiary/aromatic N) is 4. The zero-order chi connectivity index (χ0) is 27.8. The molecule has 9 nitrogen and oxygen atoms in total. The number of hydrogen-bond acceptors (Lipinski definition) is 6. The molecular formula is C29H27FN4O5. The number of ether oxygens (including phenoxy) is 2. The Labute approximate surface area is 222 Å². The van der Waals surface area contributed by atoms with Crippen LogP contribution in [0.15, 0.2) is 79.7 Å². The van der Waals surface area contributed by atoms with Gasteiger partial charge in [0.15, 0.2) is 0 Å². The third-order valence-electron chi connectivity index (χ3n) is 6.65. The molecule has 1 atom stereocenters. The van der Waals surface area contributed by atoms with Gasteiger partial charge < -0.3 is 9.47 Å². The highest BCUT2D eigenvalue weighted by molar-refractivity contribution is 5.85. The zero-order valence-corrected chi connectivity index (χ0v) is 22.0. The van der Waals surface area contributed by atoms with Crippen molar-refractivity contribution in [2.75, 3.05) is 7.11 Å². The van der Waals surface area contributed by atoms with Crippen LogP contribution in [0.1, 0.15) is 24.5 Å². The first kappa shape index (κ1) is 25.9. The molecule has 0 N–H and O–H groups in total. The summed E-state index contributed by atoms with van der Waals surface area (Å²) in [6.07, 6.45) is 3.96. The number of allylic oxidation sites excluding steroid dienone is 1. The Hall–Kier alpha value is -4.73. The highest BCUT2D eigenvalue weighted by Gasteiger charge is 2.24. The minimum atomic E-state index is -0.800. The molecule has 0 saturated carbocycles. The van der Waals surface area contributed by atoms with Crippen molar-refractivity contribution in [3.63, 3.8) is 0 Å². The van der Waals surface area contributed by atoms with Crippen LogP contribution < -0.4 is 26.3 Å². The number of benzene rings is 2. The van der Waals surface area contributed by atoms with Crippen molar-refractivity contribution < 1.29 is 13.9 Å². The SMILES string of the molecule is COc1ccc(Cn2c(=O)c3c(OC4=CCC(C)N=C4)cc(=O)n(C)c3n(-c3ccc(C)cc3F)c2=O)cc1. The number of halogens is 1. The van der Waals surface area contributed by atoms with Gasteiger partial charge in [0, 0.05) is 13.1 Å². The summed E-state index contributed by atoms with van der Waals surface area (Å²) >= 11 is 0. The predicted molar refractivity (Wildman–Crippen MR) is 147 cm³/mol. The number of aryl methyl sites for hydroxylation is 2. The minimum absolute atomic E-state index is 0.0434. The average molecular weight is 531 g/mol. The Morgan fingerprint density at radius 2 is 1.82 bits per heavy atom. The lowest BCUT2D eigenvalue weighted by atomic mass is 10.2. The van der Waals surface area contributed by atoms with Crippen molar-refractivity contribution in [1.82, 2.24) is 13.7 Å². The second-order valence-electron chi connectivity index (χ2n) is 9.49. The molecule has 2 aromatic heterocycles. The molecule has 3 heterocycles. The van der Waals surface area contributed by atoms with Crippen LogP contribution in [0.2, 0.25) is 0 Å². The number of fused-ring (bicyclic) bond motifs is 1. The highest BCUT2D eigenvalue weighted by Crippen LogP contribution is 2.25. The molecule has 0 aliphatic carbocycles. The van der Waals surface area contributed by atoms with Gasteiger partial charge in [0.05, 0.1) is 31.6 Å². The van der Waals surface area contributed by atoms with E-state index in [0.29, 0.717) is 29.1 Å². The smallest absolute Gasteiger partial charge is 0.337 e. The van der Waals surface area contributed by atoms with Crippen molar-refractivity contribution in [2.45, 2.75) is 32.9 Å². The van der Waals surface area contributed by atoms with Crippen molar-refractivity contribution in [3.05, 3.63) is 109 Å². The van der Waals surface area contributed by atoms with E-state index >= 15 is 4.39 Å². The zero-order valence-electron chi connectivity index (χ0n) is 22.0. The summed E-state index contributed by atoms with van der Waals surface area (Å²) in [5.41, 5.74) is -0.898. The van der Waals surface area contributed by atoms with Gasteiger partial charge >= 0.3 is 5.69 Å². The van der Waals surface area contributed by atoms with Crippen LogP contribution in [0.4, 0.5) is 4.39 Å². The lowest BCUT2D eigenvalue weighted by molar-refractivity contribution is 0.414. The highest BCUT2D eigenvalue weighted by atomic mass is 19.1. The second kappa shape index (κ2) is 10.2. The Balaban J connectivity index is 1.84. The molecule has 0 spiro atoms. The van der Waals surface area contributed by atoms with Crippen LogP contribution in [-0.2, 0) is 13.6 Å². The molecule has 5 rings (SSSR count). The van der Waals surface area contributed by atoms with E-state index in [0.717, 1.165) is 13.7 Å². The van der Waals surface area contributed by atoms with Gasteiger partial charge in [-0.05, 0) is 61.7 Å². The van der Waals surface area contributed by atoms with Crippen LogP contribution in [-0.4, -0.2) is 33.1 Å². The van der Waals surface area contributed by atoms with Crippen LogP contribution >= 0.6 is 0 Å². The van der Waals surface area contributed by atoms with Crippen LogP contribution in [0.3, 0.4) is 0 Å². The number of aliphatic imine (C=N–C) groups is 1. The number of methoxy groups -OCH3 is 1. The minimum Gasteiger partial charge on any atom is -0.497 e. The summed E-state index contributed by atoms with van der Waals surface area (Å²) in [5, 5.41) is -0.0434. The average Bonchev–Trinajstić information content (AvgIpc) is 2.91. The first-order valence-corrected chi connectivity index (χ1v) is 12.4. The molecule has 2 aromatic carbocycles. The maximum absolute atomic E-state index is 15.3. The molecule has 200 valence electrons. The standard InChI is InChI=1S/C29H27FN4O5/c1-17-5-12-23(22(30)13-17)34-27-26(24(14-25(35)32(27)3)39-21-9-6-18(2)31-15-21)28(36)33(29(34)37)16-19-7-10-20(38-4)11-8-19/h5,7-15,18H,6,16H2,1-4H3. The van der Waals surface area contributed by atoms with E-state index in [1.54, 1.807) is 37.3 Å². The Morgan fingerprint density at radius 3 is 2.46 bits per heavy atom. The van der Waals surface area contributed by atoms with E-state index in [4.69, 9.17) is 9.47 Å². The molecular weight excluding hydrogens is 503 g/mol. The summed E-state index contributed by atoms with van der Waals surface area (Å²) in [6.45, 7) is 3.57. The summed E-state index contributed by atoms with van der Waals surface area (Å²) in [6, 6.07) is 12.5. The molecule has 10 heteroatoms. The van der Waals surface area contributed by atoms with Gasteiger partial charge in [-0.3, -0.25) is 23.7 Å². The van der Waals surface area contributed by atoms with E-state index in [1.807, 2.05) is 13.0 Å². The molecule has 0 radical (unpaired) electrons. The van der Waals surface area contributed by atoms with Gasteiger partial charge in [-0.25, -0.2) is 13.8 Å². The Morgan fingerprint density at radius 1 is 1.08 bits per heavy atom. The lowest BCUT2D eigenvalue weighted by Crippen LogP contribution is -2.42. The fraction of sp³-hybridized carbons (Fsp3) is 0.241. The molecule has 0 saturated heterocycles. The van der Waals surface area contributed by atoms with Gasteiger partial charge in [-0.15, -0.1) is 0 Å². The lowest BCUT2D eigenvalue weighted by Gasteiger charge is -2.19. The summed E-state index contributed by atoms with van der Waals surface area (Å²) < 4.78 is 29.7. The molecule has 1 aliphatic heterocycles. The van der Waals surface area contributed by atoms with E-state index in [9.17, 15) is 14.4 Å². The summed E-state index contributed by atoms with van der Waals surface area (Å²) in [7, 11) is 2.96. The van der Waals surface area contributed by atoms with Crippen molar-refractivity contribution in [3.8, 4) is 17.2 Å². The number of hydrogen-bond donors (Lipinski definition) is 0. The third kappa shape index (κ3) is 4.81. The van der Waals surface area contributed by atoms with E-state index in [2.05, 4.69) is 4.99 Å². The van der Waals surface area contributed by atoms with Gasteiger partial charge in [-0.1, -0.05) is 18.2 Å². The van der Waals surface area contributed by atoms with E-state index < -0.39 is 22.6 Å². The third-order valence-corrected chi connectivity index (χ3v) is 6.65. The van der Waals surface area contributed by atoms with E-state index in [1.165, 1.54) is 38.6 Å². The largest absolute Gasteiger partial charge is 0.497 e. The first-order chi connectivity index (χ1) is 18.7. The van der Waals surface area contributed by atoms with E-state index in [-0.39, 0.29) is 35.1 Å². The maximum Gasteiger partial charge on any atom is 0.337 e. The predicted octanol–water partition coefficient (Wildman–Crippen LogP) is 3.48. The topological polar surface area (TPSA) is 96.8 Å². The Kier molecular flexibility index (Phi) is 6.78.